The molecular formula is C51H35IrN3O-2. The summed E-state index contributed by atoms with van der Waals surface area (Å²) in [5.74, 6) is 0. The van der Waals surface area contributed by atoms with Crippen LogP contribution in [0.2, 0.25) is 0 Å². The van der Waals surface area contributed by atoms with E-state index in [4.69, 9.17) is 4.42 Å². The van der Waals surface area contributed by atoms with Gasteiger partial charge in [-0.1, -0.05) is 115 Å². The molecule has 271 valence electrons. The number of pyridine rings is 3. The van der Waals surface area contributed by atoms with E-state index in [1.807, 2.05) is 67.1 Å². The summed E-state index contributed by atoms with van der Waals surface area (Å²) in [6.45, 7) is 4.16. The van der Waals surface area contributed by atoms with Crippen molar-refractivity contribution in [3.63, 3.8) is 0 Å². The molecule has 0 spiro atoms. The summed E-state index contributed by atoms with van der Waals surface area (Å²) in [5, 5.41) is 4.37. The summed E-state index contributed by atoms with van der Waals surface area (Å²) in [5.41, 5.74) is 14.7. The molecule has 0 saturated heterocycles. The molecule has 10 rings (SSSR count). The standard InChI is InChI=1S/C32H19N2O.C19H16N.Ir/c1-2-8-21(9-3-1)23-18-27(24-11-6-10-22-15-17-33-20-29(22)24)32-28(19-23)25-12-7-13-26(31(25)35-32)30-14-4-5-16-34-30;1-14-8-10-17(11-9-14)19-12-18(15(2)13-20-19)16-6-4-3-5-7-16;/h1-12,14-20H;3-10,12-13H,1-2H3;/q2*-1;. The first kappa shape index (κ1) is 36.5. The number of rotatable bonds is 5. The molecule has 0 aliphatic carbocycles. The maximum atomic E-state index is 6.67. The molecule has 0 unspecified atom stereocenters. The third-order valence-corrected chi connectivity index (χ3v) is 9.97. The monoisotopic (exact) mass is 898 g/mol. The Morgan fingerprint density at radius 2 is 1.32 bits per heavy atom. The van der Waals surface area contributed by atoms with Crippen LogP contribution in [0.4, 0.5) is 0 Å². The van der Waals surface area contributed by atoms with Crippen LogP contribution in [0.1, 0.15) is 11.1 Å². The molecule has 0 saturated carbocycles. The fourth-order valence-electron chi connectivity index (χ4n) is 7.15. The van der Waals surface area contributed by atoms with Gasteiger partial charge < -0.3 is 14.4 Å². The number of hydrogen-bond acceptors (Lipinski definition) is 4. The second-order valence-electron chi connectivity index (χ2n) is 13.6. The van der Waals surface area contributed by atoms with Gasteiger partial charge in [0.15, 0.2) is 0 Å². The first-order valence-corrected chi connectivity index (χ1v) is 18.3. The van der Waals surface area contributed by atoms with Gasteiger partial charge in [0.1, 0.15) is 5.58 Å². The second kappa shape index (κ2) is 16.1. The molecule has 4 nitrogen and oxygen atoms in total. The minimum absolute atomic E-state index is 0. The van der Waals surface area contributed by atoms with E-state index in [1.54, 1.807) is 6.20 Å². The third-order valence-electron chi connectivity index (χ3n) is 9.97. The van der Waals surface area contributed by atoms with E-state index in [9.17, 15) is 0 Å². The van der Waals surface area contributed by atoms with E-state index in [0.29, 0.717) is 0 Å². The molecule has 0 amide bonds. The third kappa shape index (κ3) is 7.19. The van der Waals surface area contributed by atoms with Crippen LogP contribution in [0.3, 0.4) is 0 Å². The van der Waals surface area contributed by atoms with Crippen LogP contribution in [0.15, 0.2) is 181 Å². The fourth-order valence-corrected chi connectivity index (χ4v) is 7.15. The Balaban J connectivity index is 0.000000179. The first-order valence-electron chi connectivity index (χ1n) is 18.3. The number of benzene rings is 6. The minimum atomic E-state index is 0. The van der Waals surface area contributed by atoms with Crippen molar-refractivity contribution >= 4 is 32.7 Å². The largest absolute Gasteiger partial charge is 0.500 e. The van der Waals surface area contributed by atoms with Crippen LogP contribution in [0, 0.1) is 26.0 Å². The number of furan rings is 1. The Kier molecular flexibility index (Phi) is 10.5. The van der Waals surface area contributed by atoms with Crippen LogP contribution in [-0.4, -0.2) is 15.0 Å². The quantitative estimate of drug-likeness (QED) is 0.162. The summed E-state index contributed by atoms with van der Waals surface area (Å²) in [7, 11) is 0. The number of aryl methyl sites for hydroxylation is 2. The van der Waals surface area contributed by atoms with Crippen molar-refractivity contribution in [1.29, 1.82) is 0 Å². The van der Waals surface area contributed by atoms with Gasteiger partial charge in [0.25, 0.3) is 0 Å². The van der Waals surface area contributed by atoms with Gasteiger partial charge in [0.2, 0.25) is 0 Å². The molecule has 0 bridgehead atoms. The predicted octanol–water partition coefficient (Wildman–Crippen LogP) is 13.2. The Labute approximate surface area is 339 Å². The Morgan fingerprint density at radius 1 is 0.518 bits per heavy atom. The van der Waals surface area contributed by atoms with Gasteiger partial charge >= 0.3 is 0 Å². The Morgan fingerprint density at radius 3 is 2.09 bits per heavy atom. The normalized spacial score (nSPS) is 10.9. The molecule has 1 radical (unpaired) electrons. The molecule has 56 heavy (non-hydrogen) atoms. The average molecular weight is 898 g/mol. The van der Waals surface area contributed by atoms with Gasteiger partial charge in [-0.2, -0.15) is 0 Å². The SMILES string of the molecule is Cc1c[c-]c(-c2cc(-c3ccccc3)c(C)cn2)cc1.[Ir].[c-]1ccc2c(oc3c(-c4cccc5ccncc45)cc(-c4ccccc4)cc32)c1-c1ccccn1. The Bertz CT molecular complexity index is 2920. The van der Waals surface area contributed by atoms with Crippen molar-refractivity contribution in [2.24, 2.45) is 0 Å². The molecule has 6 aromatic carbocycles. The van der Waals surface area contributed by atoms with Crippen molar-refractivity contribution in [1.82, 2.24) is 15.0 Å². The molecule has 0 aliphatic heterocycles. The molecule has 5 heteroatoms. The van der Waals surface area contributed by atoms with E-state index < -0.39 is 0 Å². The molecule has 0 atom stereocenters. The van der Waals surface area contributed by atoms with Crippen molar-refractivity contribution < 1.29 is 24.5 Å². The topological polar surface area (TPSA) is 51.8 Å². The number of fused-ring (bicyclic) bond motifs is 4. The molecule has 4 heterocycles. The maximum Gasteiger partial charge on any atom is 0.128 e. The van der Waals surface area contributed by atoms with Gasteiger partial charge in [0.05, 0.1) is 5.58 Å². The van der Waals surface area contributed by atoms with Crippen LogP contribution < -0.4 is 0 Å². The number of hydrogen-bond donors (Lipinski definition) is 0. The van der Waals surface area contributed by atoms with Crippen LogP contribution in [0.5, 0.6) is 0 Å². The zero-order valence-corrected chi connectivity index (χ0v) is 33.2. The molecule has 10 aromatic rings. The average Bonchev–Trinajstić information content (AvgIpc) is 3.64. The number of nitrogens with zero attached hydrogens (tertiary/aromatic N) is 3. The van der Waals surface area contributed by atoms with Gasteiger partial charge in [-0.15, -0.1) is 53.6 Å². The van der Waals surface area contributed by atoms with E-state index in [2.05, 4.69) is 144 Å². The van der Waals surface area contributed by atoms with Crippen molar-refractivity contribution in [3.8, 4) is 55.9 Å². The van der Waals surface area contributed by atoms with Gasteiger partial charge in [-0.3, -0.25) is 4.98 Å². The van der Waals surface area contributed by atoms with Crippen molar-refractivity contribution in [3.05, 3.63) is 200 Å². The van der Waals surface area contributed by atoms with Gasteiger partial charge in [-0.05, 0) is 81.3 Å². The van der Waals surface area contributed by atoms with E-state index >= 15 is 0 Å². The summed E-state index contributed by atoms with van der Waals surface area (Å²) in [4.78, 5) is 13.5. The maximum absolute atomic E-state index is 6.67. The van der Waals surface area contributed by atoms with Gasteiger partial charge in [0, 0.05) is 61.2 Å². The van der Waals surface area contributed by atoms with Crippen LogP contribution in [0.25, 0.3) is 88.6 Å². The van der Waals surface area contributed by atoms with E-state index in [0.717, 1.165) is 77.5 Å². The van der Waals surface area contributed by atoms with E-state index in [-0.39, 0.29) is 20.1 Å². The van der Waals surface area contributed by atoms with Crippen LogP contribution >= 0.6 is 0 Å². The van der Waals surface area contributed by atoms with E-state index in [1.165, 1.54) is 22.3 Å². The zero-order valence-electron chi connectivity index (χ0n) is 30.8. The van der Waals surface area contributed by atoms with Crippen LogP contribution in [-0.2, 0) is 20.1 Å². The number of aromatic nitrogens is 3. The molecule has 4 aromatic heterocycles. The molecule has 0 N–H and O–H groups in total. The molecule has 0 aliphatic rings. The minimum Gasteiger partial charge on any atom is -0.500 e. The molecule has 0 fully saturated rings. The second-order valence-corrected chi connectivity index (χ2v) is 13.6. The summed E-state index contributed by atoms with van der Waals surface area (Å²) >= 11 is 0. The predicted molar refractivity (Wildman–Crippen MR) is 225 cm³/mol. The van der Waals surface area contributed by atoms with Crippen molar-refractivity contribution in [2.75, 3.05) is 0 Å². The molecular weight excluding hydrogens is 863 g/mol. The Hall–Kier alpha value is -6.52. The summed E-state index contributed by atoms with van der Waals surface area (Å²) < 4.78 is 6.67. The zero-order chi connectivity index (χ0) is 37.1. The summed E-state index contributed by atoms with van der Waals surface area (Å²) in [6, 6.07) is 58.6. The van der Waals surface area contributed by atoms with Crippen molar-refractivity contribution in [2.45, 2.75) is 13.8 Å². The first-order chi connectivity index (χ1) is 27.1. The fraction of sp³-hybridized carbons (Fsp3) is 0.0392. The smallest absolute Gasteiger partial charge is 0.128 e. The van der Waals surface area contributed by atoms with Gasteiger partial charge in [-0.25, -0.2) is 0 Å². The summed E-state index contributed by atoms with van der Waals surface area (Å²) in [6.07, 6.45) is 7.50.